The normalized spacial score (nSPS) is 16.7. The topological polar surface area (TPSA) is 98.5 Å². The maximum absolute atomic E-state index is 12.2. The third-order valence-electron chi connectivity index (χ3n) is 4.14. The Morgan fingerprint density at radius 2 is 2.04 bits per heavy atom. The van der Waals surface area contributed by atoms with Crippen molar-refractivity contribution in [2.45, 2.75) is 25.4 Å². The van der Waals surface area contributed by atoms with Crippen LogP contribution in [0.3, 0.4) is 0 Å². The molecular formula is C18H16N2O5. The summed E-state index contributed by atoms with van der Waals surface area (Å²) in [7, 11) is 0. The average Bonchev–Trinajstić information content (AvgIpc) is 2.90. The number of nitrogens with one attached hydrogen (secondary N) is 1. The molecule has 0 aromatic heterocycles. The first-order chi connectivity index (χ1) is 12.0. The number of fused-ring (bicyclic) bond motifs is 1. The molecule has 0 saturated heterocycles. The Bertz CT molecular complexity index is 849. The fourth-order valence-electron chi connectivity index (χ4n) is 2.85. The second-order valence-electron chi connectivity index (χ2n) is 5.82. The van der Waals surface area contributed by atoms with E-state index in [1.807, 2.05) is 12.1 Å². The molecule has 2 aromatic carbocycles. The summed E-state index contributed by atoms with van der Waals surface area (Å²) in [6.45, 7) is 1.64. The molecule has 1 heterocycles. The Morgan fingerprint density at radius 3 is 2.80 bits per heavy atom. The average molecular weight is 340 g/mol. The predicted octanol–water partition coefficient (Wildman–Crippen LogP) is 3.33. The number of ether oxygens (including phenoxy) is 1. The van der Waals surface area contributed by atoms with E-state index in [1.54, 1.807) is 31.2 Å². The molecule has 0 aliphatic carbocycles. The number of nitrogens with zero attached hydrogens (tertiary/aromatic N) is 1. The molecule has 0 saturated carbocycles. The number of anilines is 1. The zero-order chi connectivity index (χ0) is 18.0. The fraction of sp³-hybridized carbons (Fsp3) is 0.222. The first-order valence-corrected chi connectivity index (χ1v) is 7.79. The Balaban J connectivity index is 1.68. The number of nitro groups is 1. The molecule has 0 bridgehead atoms. The van der Waals surface area contributed by atoms with Crippen LogP contribution >= 0.6 is 0 Å². The maximum Gasteiger partial charge on any atom is 0.307 e. The van der Waals surface area contributed by atoms with Gasteiger partial charge in [-0.2, -0.15) is 0 Å². The second kappa shape index (κ2) is 6.72. The number of carbonyl (C=O) groups excluding carboxylic acids is 2. The van der Waals surface area contributed by atoms with Crippen LogP contribution in [0.25, 0.3) is 0 Å². The molecule has 128 valence electrons. The maximum atomic E-state index is 12.2. The number of hydrogen-bond donors (Lipinski definition) is 1. The number of amides is 1. The summed E-state index contributed by atoms with van der Waals surface area (Å²) in [5.74, 6) is -1.35. The van der Waals surface area contributed by atoms with Gasteiger partial charge in [-0.15, -0.1) is 0 Å². The number of rotatable bonds is 5. The molecule has 2 aromatic rings. The van der Waals surface area contributed by atoms with Crippen molar-refractivity contribution >= 4 is 23.3 Å². The van der Waals surface area contributed by atoms with Gasteiger partial charge in [0.2, 0.25) is 5.91 Å². The van der Waals surface area contributed by atoms with Gasteiger partial charge in [-0.05, 0) is 24.1 Å². The molecular weight excluding hydrogens is 324 g/mol. The standard InChI is InChI=1S/C18H16N2O5/c1-11(12-5-4-6-13(9-12)20(23)24)25-17(21)10-15-14-7-2-3-8-16(14)19-18(15)22/h2-9,11,15H,10H2,1H3,(H,19,22)/t11-,15+/m1/s1. The van der Waals surface area contributed by atoms with Crippen molar-refractivity contribution in [2.24, 2.45) is 0 Å². The molecule has 1 aliphatic rings. The first kappa shape index (κ1) is 16.6. The summed E-state index contributed by atoms with van der Waals surface area (Å²) in [4.78, 5) is 34.6. The Labute approximate surface area is 143 Å². The van der Waals surface area contributed by atoms with Crippen LogP contribution in [-0.4, -0.2) is 16.8 Å². The van der Waals surface area contributed by atoms with Crippen LogP contribution in [0, 0.1) is 10.1 Å². The number of hydrogen-bond acceptors (Lipinski definition) is 5. The lowest BCUT2D eigenvalue weighted by Crippen LogP contribution is -2.18. The van der Waals surface area contributed by atoms with Gasteiger partial charge in [0.1, 0.15) is 6.10 Å². The van der Waals surface area contributed by atoms with Gasteiger partial charge < -0.3 is 10.1 Å². The highest BCUT2D eigenvalue weighted by Gasteiger charge is 2.32. The Morgan fingerprint density at radius 1 is 1.28 bits per heavy atom. The van der Waals surface area contributed by atoms with Crippen LogP contribution in [0.2, 0.25) is 0 Å². The minimum Gasteiger partial charge on any atom is -0.458 e. The molecule has 1 aliphatic heterocycles. The summed E-state index contributed by atoms with van der Waals surface area (Å²) in [5.41, 5.74) is 1.94. The van der Waals surface area contributed by atoms with Crippen molar-refractivity contribution in [3.8, 4) is 0 Å². The summed E-state index contributed by atoms with van der Waals surface area (Å²) < 4.78 is 5.35. The van der Waals surface area contributed by atoms with Crippen molar-refractivity contribution in [2.75, 3.05) is 5.32 Å². The fourth-order valence-corrected chi connectivity index (χ4v) is 2.85. The highest BCUT2D eigenvalue weighted by Crippen LogP contribution is 2.35. The molecule has 0 radical (unpaired) electrons. The van der Waals surface area contributed by atoms with Crippen molar-refractivity contribution < 1.29 is 19.2 Å². The van der Waals surface area contributed by atoms with E-state index in [-0.39, 0.29) is 18.0 Å². The van der Waals surface area contributed by atoms with Crippen LogP contribution in [0.1, 0.15) is 36.5 Å². The van der Waals surface area contributed by atoms with Gasteiger partial charge in [-0.25, -0.2) is 0 Å². The highest BCUT2D eigenvalue weighted by molar-refractivity contribution is 6.04. The third-order valence-corrected chi connectivity index (χ3v) is 4.14. The number of esters is 1. The van der Waals surface area contributed by atoms with Crippen molar-refractivity contribution in [1.82, 2.24) is 0 Å². The zero-order valence-corrected chi connectivity index (χ0v) is 13.5. The van der Waals surface area contributed by atoms with Crippen molar-refractivity contribution in [3.05, 3.63) is 69.8 Å². The van der Waals surface area contributed by atoms with Gasteiger partial charge in [0.25, 0.3) is 5.69 Å². The van der Waals surface area contributed by atoms with Gasteiger partial charge in [0.05, 0.1) is 17.3 Å². The molecule has 1 N–H and O–H groups in total. The molecule has 25 heavy (non-hydrogen) atoms. The van der Waals surface area contributed by atoms with Gasteiger partial charge in [0, 0.05) is 17.8 Å². The third kappa shape index (κ3) is 3.50. The van der Waals surface area contributed by atoms with Gasteiger partial charge in [-0.3, -0.25) is 19.7 Å². The minimum atomic E-state index is -0.646. The summed E-state index contributed by atoms with van der Waals surface area (Å²) in [5, 5.41) is 13.6. The number of nitro benzene ring substituents is 1. The van der Waals surface area contributed by atoms with E-state index in [0.29, 0.717) is 11.3 Å². The quantitative estimate of drug-likeness (QED) is 0.511. The molecule has 3 rings (SSSR count). The minimum absolute atomic E-state index is 0.0653. The van der Waals surface area contributed by atoms with E-state index in [9.17, 15) is 19.7 Å². The Kier molecular flexibility index (Phi) is 4.47. The molecule has 0 unspecified atom stereocenters. The van der Waals surface area contributed by atoms with E-state index in [1.165, 1.54) is 12.1 Å². The number of non-ortho nitro benzene ring substituents is 1. The smallest absolute Gasteiger partial charge is 0.307 e. The van der Waals surface area contributed by atoms with Crippen LogP contribution in [0.5, 0.6) is 0 Å². The zero-order valence-electron chi connectivity index (χ0n) is 13.5. The molecule has 0 fully saturated rings. The van der Waals surface area contributed by atoms with Crippen LogP contribution in [0.15, 0.2) is 48.5 Å². The Hall–Kier alpha value is -3.22. The predicted molar refractivity (Wildman–Crippen MR) is 90.0 cm³/mol. The van der Waals surface area contributed by atoms with Crippen LogP contribution < -0.4 is 5.32 Å². The lowest BCUT2D eigenvalue weighted by molar-refractivity contribution is -0.385. The van der Waals surface area contributed by atoms with Gasteiger partial charge >= 0.3 is 5.97 Å². The summed E-state index contributed by atoms with van der Waals surface area (Å²) in [6, 6.07) is 13.1. The SMILES string of the molecule is C[C@@H](OC(=O)C[C@@H]1C(=O)Nc2ccccc21)c1cccc([N+](=O)[O-])c1. The molecule has 1 amide bonds. The number of carbonyl (C=O) groups is 2. The largest absolute Gasteiger partial charge is 0.458 e. The van der Waals surface area contributed by atoms with E-state index in [4.69, 9.17) is 4.74 Å². The highest BCUT2D eigenvalue weighted by atomic mass is 16.6. The van der Waals surface area contributed by atoms with Crippen molar-refractivity contribution in [3.63, 3.8) is 0 Å². The van der Waals surface area contributed by atoms with Crippen LogP contribution in [-0.2, 0) is 14.3 Å². The monoisotopic (exact) mass is 340 g/mol. The molecule has 7 heteroatoms. The van der Waals surface area contributed by atoms with E-state index < -0.39 is 22.9 Å². The lowest BCUT2D eigenvalue weighted by atomic mass is 9.97. The van der Waals surface area contributed by atoms with Gasteiger partial charge in [0.15, 0.2) is 0 Å². The van der Waals surface area contributed by atoms with Crippen LogP contribution in [0.4, 0.5) is 11.4 Å². The molecule has 0 spiro atoms. The van der Waals surface area contributed by atoms with E-state index in [2.05, 4.69) is 5.32 Å². The molecule has 7 nitrogen and oxygen atoms in total. The first-order valence-electron chi connectivity index (χ1n) is 7.79. The van der Waals surface area contributed by atoms with E-state index >= 15 is 0 Å². The molecule has 2 atom stereocenters. The number of para-hydroxylation sites is 1. The summed E-state index contributed by atoms with van der Waals surface area (Å²) >= 11 is 0. The summed E-state index contributed by atoms with van der Waals surface area (Å²) in [6.07, 6.45) is -0.727. The van der Waals surface area contributed by atoms with E-state index in [0.717, 1.165) is 5.56 Å². The lowest BCUT2D eigenvalue weighted by Gasteiger charge is -2.15. The number of benzene rings is 2. The van der Waals surface area contributed by atoms with Gasteiger partial charge in [-0.1, -0.05) is 30.3 Å². The second-order valence-corrected chi connectivity index (χ2v) is 5.82. The van der Waals surface area contributed by atoms with Crippen molar-refractivity contribution in [1.29, 1.82) is 0 Å².